The lowest BCUT2D eigenvalue weighted by atomic mass is 10.1. The van der Waals surface area contributed by atoms with E-state index in [0.29, 0.717) is 6.54 Å². The van der Waals surface area contributed by atoms with Crippen LogP contribution in [0.1, 0.15) is 16.7 Å². The number of hydrogen-bond donors (Lipinski definition) is 2. The van der Waals surface area contributed by atoms with Gasteiger partial charge in [0.15, 0.2) is 0 Å². The molecule has 0 aliphatic heterocycles. The SMILES string of the molecule is Cc1ccc(-c2nn(Cc3ccccc3)cc2C[NH2+]CCO)cc1. The van der Waals surface area contributed by atoms with E-state index in [9.17, 15) is 0 Å². The fraction of sp³-hybridized carbons (Fsp3) is 0.250. The Morgan fingerprint density at radius 1 is 1.04 bits per heavy atom. The van der Waals surface area contributed by atoms with Crippen LogP contribution in [0, 0.1) is 6.92 Å². The maximum atomic E-state index is 9.01. The van der Waals surface area contributed by atoms with Crippen LogP contribution in [-0.4, -0.2) is 28.0 Å². The molecule has 0 saturated heterocycles. The van der Waals surface area contributed by atoms with Crippen molar-refractivity contribution in [2.24, 2.45) is 0 Å². The lowest BCUT2D eigenvalue weighted by Gasteiger charge is -2.02. The van der Waals surface area contributed by atoms with Crippen LogP contribution in [0.25, 0.3) is 11.3 Å². The van der Waals surface area contributed by atoms with E-state index in [1.54, 1.807) is 0 Å². The average Bonchev–Trinajstić information content (AvgIpc) is 2.99. The van der Waals surface area contributed by atoms with Gasteiger partial charge >= 0.3 is 0 Å². The lowest BCUT2D eigenvalue weighted by molar-refractivity contribution is -0.671. The van der Waals surface area contributed by atoms with Crippen LogP contribution in [-0.2, 0) is 13.1 Å². The topological polar surface area (TPSA) is 54.7 Å². The van der Waals surface area contributed by atoms with Crippen LogP contribution in [0.4, 0.5) is 0 Å². The molecule has 0 atom stereocenters. The predicted molar refractivity (Wildman–Crippen MR) is 95.5 cm³/mol. The Morgan fingerprint density at radius 3 is 2.50 bits per heavy atom. The number of aliphatic hydroxyl groups excluding tert-OH is 1. The smallest absolute Gasteiger partial charge is 0.105 e. The van der Waals surface area contributed by atoms with Crippen molar-refractivity contribution in [2.75, 3.05) is 13.2 Å². The third-order valence-corrected chi connectivity index (χ3v) is 4.05. The number of benzene rings is 2. The summed E-state index contributed by atoms with van der Waals surface area (Å²) in [6.45, 7) is 4.57. The van der Waals surface area contributed by atoms with Crippen LogP contribution in [0.5, 0.6) is 0 Å². The molecule has 0 saturated carbocycles. The van der Waals surface area contributed by atoms with Crippen molar-refractivity contribution in [1.29, 1.82) is 0 Å². The number of hydrogen-bond acceptors (Lipinski definition) is 2. The Morgan fingerprint density at radius 2 is 1.79 bits per heavy atom. The third kappa shape index (κ3) is 4.10. The van der Waals surface area contributed by atoms with Gasteiger partial charge in [0, 0.05) is 11.8 Å². The van der Waals surface area contributed by atoms with Gasteiger partial charge in [0.2, 0.25) is 0 Å². The molecular formula is C20H24N3O+. The highest BCUT2D eigenvalue weighted by atomic mass is 16.3. The van der Waals surface area contributed by atoms with Gasteiger partial charge in [-0.2, -0.15) is 5.10 Å². The van der Waals surface area contributed by atoms with Crippen molar-refractivity contribution in [1.82, 2.24) is 9.78 Å². The van der Waals surface area contributed by atoms with E-state index in [1.165, 1.54) is 16.7 Å². The molecule has 3 N–H and O–H groups in total. The van der Waals surface area contributed by atoms with Crippen molar-refractivity contribution in [3.63, 3.8) is 0 Å². The quantitative estimate of drug-likeness (QED) is 0.653. The summed E-state index contributed by atoms with van der Waals surface area (Å²) in [6.07, 6.45) is 2.12. The standard InChI is InChI=1S/C20H23N3O/c1-16-7-9-18(10-8-16)20-19(13-21-11-12-24)15-23(22-20)14-17-5-3-2-4-6-17/h2-10,15,21,24H,11-14H2,1H3/p+1. The third-order valence-electron chi connectivity index (χ3n) is 4.05. The maximum absolute atomic E-state index is 9.01. The first-order valence-electron chi connectivity index (χ1n) is 8.36. The number of nitrogens with zero attached hydrogens (tertiary/aromatic N) is 2. The molecule has 3 aromatic rings. The minimum Gasteiger partial charge on any atom is -0.391 e. The summed E-state index contributed by atoms with van der Waals surface area (Å²) >= 11 is 0. The summed E-state index contributed by atoms with van der Waals surface area (Å²) in [5.74, 6) is 0. The number of nitrogens with two attached hydrogens (primary N) is 1. The second-order valence-electron chi connectivity index (χ2n) is 6.06. The molecule has 0 spiro atoms. The average molecular weight is 322 g/mol. The number of quaternary nitrogens is 1. The van der Waals surface area contributed by atoms with E-state index >= 15 is 0 Å². The van der Waals surface area contributed by atoms with Gasteiger partial charge < -0.3 is 10.4 Å². The zero-order valence-electron chi connectivity index (χ0n) is 14.0. The summed E-state index contributed by atoms with van der Waals surface area (Å²) in [7, 11) is 0. The molecule has 124 valence electrons. The zero-order valence-corrected chi connectivity index (χ0v) is 14.0. The van der Waals surface area contributed by atoms with Gasteiger partial charge in [-0.05, 0) is 12.5 Å². The lowest BCUT2D eigenvalue weighted by Crippen LogP contribution is -2.83. The molecule has 4 heteroatoms. The van der Waals surface area contributed by atoms with Gasteiger partial charge in [-0.3, -0.25) is 4.68 Å². The normalized spacial score (nSPS) is 10.9. The molecule has 24 heavy (non-hydrogen) atoms. The van der Waals surface area contributed by atoms with Crippen molar-refractivity contribution in [2.45, 2.75) is 20.0 Å². The Hall–Kier alpha value is -2.43. The van der Waals surface area contributed by atoms with Gasteiger partial charge in [0.25, 0.3) is 0 Å². The first kappa shape index (κ1) is 16.4. The molecule has 2 aromatic carbocycles. The Kier molecular flexibility index (Phi) is 5.41. The molecule has 3 rings (SSSR count). The van der Waals surface area contributed by atoms with Crippen LogP contribution >= 0.6 is 0 Å². The molecule has 0 radical (unpaired) electrons. The van der Waals surface area contributed by atoms with Gasteiger partial charge in [-0.25, -0.2) is 0 Å². The second-order valence-corrected chi connectivity index (χ2v) is 6.06. The molecule has 1 aromatic heterocycles. The molecule has 1 heterocycles. The van der Waals surface area contributed by atoms with E-state index < -0.39 is 0 Å². The second kappa shape index (κ2) is 7.90. The van der Waals surface area contributed by atoms with Gasteiger partial charge in [-0.1, -0.05) is 60.2 Å². The number of rotatable bonds is 7. The van der Waals surface area contributed by atoms with Crippen LogP contribution in [0.15, 0.2) is 60.8 Å². The van der Waals surface area contributed by atoms with Gasteiger partial charge in [-0.15, -0.1) is 0 Å². The van der Waals surface area contributed by atoms with Crippen molar-refractivity contribution < 1.29 is 10.4 Å². The molecule has 0 aliphatic carbocycles. The Labute approximate surface area is 142 Å². The predicted octanol–water partition coefficient (Wildman–Crippen LogP) is 1.96. The minimum atomic E-state index is 0.192. The Bertz CT molecular complexity index is 763. The van der Waals surface area contributed by atoms with E-state index in [-0.39, 0.29) is 6.61 Å². The minimum absolute atomic E-state index is 0.192. The molecule has 0 bridgehead atoms. The summed E-state index contributed by atoms with van der Waals surface area (Å²) in [6, 6.07) is 18.8. The summed E-state index contributed by atoms with van der Waals surface area (Å²) in [4.78, 5) is 0. The maximum Gasteiger partial charge on any atom is 0.105 e. The summed E-state index contributed by atoms with van der Waals surface area (Å²) in [5, 5.41) is 15.9. The van der Waals surface area contributed by atoms with E-state index in [1.807, 2.05) is 10.7 Å². The van der Waals surface area contributed by atoms with Crippen molar-refractivity contribution in [3.05, 3.63) is 77.5 Å². The van der Waals surface area contributed by atoms with Crippen LogP contribution in [0.2, 0.25) is 0 Å². The first-order valence-corrected chi connectivity index (χ1v) is 8.36. The van der Waals surface area contributed by atoms with Crippen molar-refractivity contribution >= 4 is 0 Å². The molecule has 0 amide bonds. The largest absolute Gasteiger partial charge is 0.391 e. The van der Waals surface area contributed by atoms with E-state index in [2.05, 4.69) is 67.0 Å². The van der Waals surface area contributed by atoms with Gasteiger partial charge in [0.05, 0.1) is 25.3 Å². The first-order chi connectivity index (χ1) is 11.8. The highest BCUT2D eigenvalue weighted by molar-refractivity contribution is 5.62. The van der Waals surface area contributed by atoms with Gasteiger partial charge in [0.1, 0.15) is 12.2 Å². The van der Waals surface area contributed by atoms with E-state index in [0.717, 1.165) is 24.3 Å². The number of aliphatic hydroxyl groups is 1. The highest BCUT2D eigenvalue weighted by Crippen LogP contribution is 2.22. The molecule has 4 nitrogen and oxygen atoms in total. The molecule has 0 unspecified atom stereocenters. The number of aryl methyl sites for hydroxylation is 1. The fourth-order valence-corrected chi connectivity index (χ4v) is 2.77. The zero-order chi connectivity index (χ0) is 16.8. The van der Waals surface area contributed by atoms with Crippen LogP contribution < -0.4 is 5.32 Å². The summed E-state index contributed by atoms with van der Waals surface area (Å²) < 4.78 is 2.01. The van der Waals surface area contributed by atoms with Crippen LogP contribution in [0.3, 0.4) is 0 Å². The fourth-order valence-electron chi connectivity index (χ4n) is 2.77. The molecule has 0 fully saturated rings. The molecule has 0 aliphatic rings. The number of aromatic nitrogens is 2. The molecular weight excluding hydrogens is 298 g/mol. The van der Waals surface area contributed by atoms with Crippen molar-refractivity contribution in [3.8, 4) is 11.3 Å². The monoisotopic (exact) mass is 322 g/mol. The highest BCUT2D eigenvalue weighted by Gasteiger charge is 2.13. The Balaban J connectivity index is 1.88. The summed E-state index contributed by atoms with van der Waals surface area (Å²) in [5.41, 5.74) is 5.85. The van der Waals surface area contributed by atoms with E-state index in [4.69, 9.17) is 10.2 Å².